The van der Waals surface area contributed by atoms with E-state index in [1.807, 2.05) is 6.92 Å². The summed E-state index contributed by atoms with van der Waals surface area (Å²) in [4.78, 5) is 34.2. The number of aliphatic hydroxyl groups is 1. The fraction of sp³-hybridized carbons (Fsp3) is 0.640. The van der Waals surface area contributed by atoms with Crippen molar-refractivity contribution in [1.82, 2.24) is 14.8 Å². The van der Waals surface area contributed by atoms with Gasteiger partial charge in [-0.25, -0.2) is 4.98 Å². The Kier molecular flexibility index (Phi) is 9.28. The lowest BCUT2D eigenvalue weighted by atomic mass is 9.97. The van der Waals surface area contributed by atoms with Crippen LogP contribution in [0.25, 0.3) is 0 Å². The van der Waals surface area contributed by atoms with Gasteiger partial charge >= 0.3 is 0 Å². The van der Waals surface area contributed by atoms with Gasteiger partial charge in [0.1, 0.15) is 18.3 Å². The van der Waals surface area contributed by atoms with E-state index in [4.69, 9.17) is 14.2 Å². The number of carbonyl (C=O) groups excluding carboxylic acids is 2. The third kappa shape index (κ3) is 6.26. The molecule has 0 bridgehead atoms. The summed E-state index contributed by atoms with van der Waals surface area (Å²) in [6.45, 7) is 5.83. The number of hydrogen-bond acceptors (Lipinski definition) is 7. The monoisotopic (exact) mass is 473 g/mol. The Morgan fingerprint density at radius 2 is 2.15 bits per heavy atom. The van der Waals surface area contributed by atoms with E-state index in [2.05, 4.69) is 16.8 Å². The number of aliphatic hydroxyl groups excluding tert-OH is 1. The van der Waals surface area contributed by atoms with E-state index in [-0.39, 0.29) is 54.9 Å². The maximum atomic E-state index is 13.4. The van der Waals surface area contributed by atoms with Crippen molar-refractivity contribution in [1.29, 1.82) is 0 Å². The van der Waals surface area contributed by atoms with Crippen LogP contribution in [0.2, 0.25) is 0 Å². The second-order valence-corrected chi connectivity index (χ2v) is 9.04. The molecular formula is C25H35N3O6. The van der Waals surface area contributed by atoms with Crippen molar-refractivity contribution in [2.75, 3.05) is 53.7 Å². The molecule has 1 N–H and O–H groups in total. The first-order chi connectivity index (χ1) is 16.3. The van der Waals surface area contributed by atoms with Gasteiger partial charge in [-0.2, -0.15) is 0 Å². The molecule has 0 aromatic carbocycles. The number of nitrogens with zero attached hydrogens (tertiary/aromatic N) is 3. The minimum atomic E-state index is -0.383. The van der Waals surface area contributed by atoms with Crippen molar-refractivity contribution in [2.24, 2.45) is 11.8 Å². The molecule has 1 aromatic rings. The van der Waals surface area contributed by atoms with Crippen molar-refractivity contribution in [2.45, 2.75) is 38.8 Å². The third-order valence-corrected chi connectivity index (χ3v) is 6.37. The highest BCUT2D eigenvalue weighted by Gasteiger charge is 2.35. The van der Waals surface area contributed by atoms with Gasteiger partial charge in [-0.15, -0.1) is 0 Å². The number of fused-ring (bicyclic) bond motifs is 1. The molecule has 1 fully saturated rings. The molecule has 9 heteroatoms. The van der Waals surface area contributed by atoms with Crippen LogP contribution in [0.4, 0.5) is 0 Å². The van der Waals surface area contributed by atoms with Gasteiger partial charge in [-0.3, -0.25) is 9.59 Å². The second kappa shape index (κ2) is 12.2. The first-order valence-corrected chi connectivity index (χ1v) is 11.7. The molecule has 2 amide bonds. The summed E-state index contributed by atoms with van der Waals surface area (Å²) in [5.41, 5.74) is 0.862. The molecule has 3 heterocycles. The lowest BCUT2D eigenvalue weighted by Gasteiger charge is -2.38. The summed E-state index contributed by atoms with van der Waals surface area (Å²) in [5.74, 6) is 5.67. The largest absolute Gasteiger partial charge is 0.472 e. The van der Waals surface area contributed by atoms with Crippen LogP contribution < -0.4 is 4.74 Å². The van der Waals surface area contributed by atoms with Crippen LogP contribution in [-0.2, 0) is 14.3 Å². The van der Waals surface area contributed by atoms with Gasteiger partial charge in [0.2, 0.25) is 11.8 Å². The molecule has 2 aliphatic heterocycles. The minimum absolute atomic E-state index is 0.0475. The number of hydrogen-bond donors (Lipinski definition) is 1. The zero-order valence-electron chi connectivity index (χ0n) is 20.5. The number of carbonyl (C=O) groups is 2. The van der Waals surface area contributed by atoms with Gasteiger partial charge in [-0.05, 0) is 25.8 Å². The highest BCUT2D eigenvalue weighted by Crippen LogP contribution is 2.28. The van der Waals surface area contributed by atoms with E-state index < -0.39 is 0 Å². The average Bonchev–Trinajstić information content (AvgIpc) is 2.86. The van der Waals surface area contributed by atoms with Crippen LogP contribution in [-0.4, -0.2) is 97.5 Å². The van der Waals surface area contributed by atoms with E-state index in [1.165, 1.54) is 0 Å². The molecule has 0 spiro atoms. The molecular weight excluding hydrogens is 438 g/mol. The van der Waals surface area contributed by atoms with Gasteiger partial charge in [0.05, 0.1) is 19.2 Å². The molecule has 1 saturated heterocycles. The van der Waals surface area contributed by atoms with Gasteiger partial charge in [0.25, 0.3) is 5.91 Å². The quantitative estimate of drug-likeness (QED) is 0.619. The van der Waals surface area contributed by atoms with Crippen LogP contribution in [0.15, 0.2) is 12.3 Å². The fourth-order valence-electron chi connectivity index (χ4n) is 4.21. The van der Waals surface area contributed by atoms with Gasteiger partial charge < -0.3 is 29.1 Å². The molecule has 0 aliphatic carbocycles. The second-order valence-electron chi connectivity index (χ2n) is 9.04. The van der Waals surface area contributed by atoms with Gasteiger partial charge in [0.15, 0.2) is 0 Å². The lowest BCUT2D eigenvalue weighted by molar-refractivity contribution is -0.138. The maximum absolute atomic E-state index is 13.4. The van der Waals surface area contributed by atoms with Crippen molar-refractivity contribution in [3.63, 3.8) is 0 Å². The van der Waals surface area contributed by atoms with Crippen LogP contribution >= 0.6 is 0 Å². The maximum Gasteiger partial charge on any atom is 0.259 e. The third-order valence-electron chi connectivity index (χ3n) is 6.37. The van der Waals surface area contributed by atoms with Crippen molar-refractivity contribution in [3.8, 4) is 17.7 Å². The fourth-order valence-corrected chi connectivity index (χ4v) is 4.21. The zero-order chi connectivity index (χ0) is 24.7. The summed E-state index contributed by atoms with van der Waals surface area (Å²) in [6.07, 6.45) is 2.62. The average molecular weight is 474 g/mol. The Balaban J connectivity index is 1.88. The lowest BCUT2D eigenvalue weighted by Crippen LogP contribution is -2.51. The molecule has 186 valence electrons. The van der Waals surface area contributed by atoms with E-state index in [1.54, 1.807) is 43.1 Å². The van der Waals surface area contributed by atoms with Crippen molar-refractivity contribution in [3.05, 3.63) is 23.4 Å². The summed E-state index contributed by atoms with van der Waals surface area (Å²) in [5, 5.41) is 9.79. The number of aromatic nitrogens is 1. The van der Waals surface area contributed by atoms with E-state index in [0.717, 1.165) is 12.8 Å². The number of amides is 2. The summed E-state index contributed by atoms with van der Waals surface area (Å²) in [6, 6.07) is 1.28. The highest BCUT2D eigenvalue weighted by atomic mass is 16.5. The molecule has 0 saturated carbocycles. The van der Waals surface area contributed by atoms with Crippen LogP contribution in [0.3, 0.4) is 0 Å². The van der Waals surface area contributed by atoms with Crippen LogP contribution in [0.5, 0.6) is 5.88 Å². The Morgan fingerprint density at radius 1 is 1.41 bits per heavy atom. The molecule has 9 nitrogen and oxygen atoms in total. The first kappa shape index (κ1) is 25.9. The summed E-state index contributed by atoms with van der Waals surface area (Å²) >= 11 is 0. The van der Waals surface area contributed by atoms with Crippen molar-refractivity contribution < 1.29 is 28.9 Å². The summed E-state index contributed by atoms with van der Waals surface area (Å²) < 4.78 is 16.6. The normalized spacial score (nSPS) is 21.9. The molecule has 3 atom stereocenters. The Morgan fingerprint density at radius 3 is 2.82 bits per heavy atom. The molecule has 1 aromatic heterocycles. The molecule has 3 rings (SSSR count). The van der Waals surface area contributed by atoms with E-state index >= 15 is 0 Å². The highest BCUT2D eigenvalue weighted by molar-refractivity contribution is 5.97. The molecule has 0 radical (unpaired) electrons. The molecule has 2 aliphatic rings. The zero-order valence-corrected chi connectivity index (χ0v) is 20.5. The van der Waals surface area contributed by atoms with E-state index in [0.29, 0.717) is 37.4 Å². The Hall–Kier alpha value is -2.67. The standard InChI is InChI=1S/C25H35N3O6/c1-17-14-28(18(2)16-29)25(31)21-12-19(6-5-9-32-4)13-26-23(21)34-22(17)15-27(3)24(30)20-7-10-33-11-8-20/h12-13,17-18,20,22,29H,7-11,14-16H2,1-4H3/t17-,18-,22-/m1/s1. The predicted octanol–water partition coefficient (Wildman–Crippen LogP) is 1.18. The number of likely N-dealkylation sites (N-methyl/N-ethyl adjacent to an activating group) is 1. The Bertz CT molecular complexity index is 921. The predicted molar refractivity (Wildman–Crippen MR) is 125 cm³/mol. The topological polar surface area (TPSA) is 101 Å². The smallest absolute Gasteiger partial charge is 0.259 e. The number of rotatable bonds is 6. The Labute approximate surface area is 201 Å². The van der Waals surface area contributed by atoms with Crippen LogP contribution in [0, 0.1) is 23.7 Å². The molecule has 0 unspecified atom stereocenters. The molecule has 34 heavy (non-hydrogen) atoms. The summed E-state index contributed by atoms with van der Waals surface area (Å²) in [7, 11) is 3.35. The van der Waals surface area contributed by atoms with Gasteiger partial charge in [-0.1, -0.05) is 18.8 Å². The van der Waals surface area contributed by atoms with Crippen molar-refractivity contribution >= 4 is 11.8 Å². The van der Waals surface area contributed by atoms with Crippen LogP contribution in [0.1, 0.15) is 42.6 Å². The van der Waals surface area contributed by atoms with E-state index in [9.17, 15) is 14.7 Å². The first-order valence-electron chi connectivity index (χ1n) is 11.7. The SMILES string of the molecule is COCC#Cc1cnc2c(c1)C(=O)N([C@H](C)CO)C[C@@H](C)[C@@H](CN(C)C(=O)C1CCOCC1)O2. The number of pyridine rings is 1. The number of ether oxygens (including phenoxy) is 3. The number of methoxy groups -OCH3 is 1. The van der Waals surface area contributed by atoms with Gasteiger partial charge in [0, 0.05) is 57.5 Å². The minimum Gasteiger partial charge on any atom is -0.472 e.